The predicted octanol–water partition coefficient (Wildman–Crippen LogP) is 3.99. The highest BCUT2D eigenvalue weighted by Gasteiger charge is 2.23. The van der Waals surface area contributed by atoms with Crippen molar-refractivity contribution in [1.82, 2.24) is 4.90 Å². The molecule has 0 radical (unpaired) electrons. The first-order chi connectivity index (χ1) is 10.7. The summed E-state index contributed by atoms with van der Waals surface area (Å²) in [6.45, 7) is 8.39. The van der Waals surface area contributed by atoms with E-state index in [4.69, 9.17) is 10.5 Å². The smallest absolute Gasteiger partial charge is 0.119 e. The van der Waals surface area contributed by atoms with Gasteiger partial charge in [0.25, 0.3) is 0 Å². The summed E-state index contributed by atoms with van der Waals surface area (Å²) in [6, 6.07) is 8.91. The van der Waals surface area contributed by atoms with Crippen LogP contribution in [0.4, 0.5) is 0 Å². The van der Waals surface area contributed by atoms with Gasteiger partial charge < -0.3 is 10.5 Å². The first-order valence-corrected chi connectivity index (χ1v) is 8.91. The molecule has 1 aliphatic rings. The third-order valence-electron chi connectivity index (χ3n) is 4.76. The molecule has 1 unspecified atom stereocenters. The Balaban J connectivity index is 1.89. The lowest BCUT2D eigenvalue weighted by Crippen LogP contribution is -2.39. The maximum absolute atomic E-state index is 6.05. The zero-order valence-corrected chi connectivity index (χ0v) is 14.3. The van der Waals surface area contributed by atoms with Crippen LogP contribution >= 0.6 is 0 Å². The number of hydrogen-bond donors (Lipinski definition) is 1. The Morgan fingerprint density at radius 3 is 2.45 bits per heavy atom. The van der Waals surface area contributed by atoms with Crippen LogP contribution in [0, 0.1) is 5.92 Å². The number of likely N-dealkylation sites (tertiary alicyclic amines) is 1. The summed E-state index contributed by atoms with van der Waals surface area (Å²) in [5.41, 5.74) is 7.37. The second kappa shape index (κ2) is 9.16. The van der Waals surface area contributed by atoms with Crippen molar-refractivity contribution in [3.63, 3.8) is 0 Å². The number of unbranched alkanes of at least 4 members (excludes halogenated alkanes) is 2. The lowest BCUT2D eigenvalue weighted by Gasteiger charge is -2.36. The fraction of sp³-hybridized carbons (Fsp3) is 0.684. The van der Waals surface area contributed by atoms with Crippen molar-refractivity contribution in [2.75, 3.05) is 26.2 Å². The molecule has 0 aliphatic carbocycles. The van der Waals surface area contributed by atoms with E-state index < -0.39 is 0 Å². The topological polar surface area (TPSA) is 38.5 Å². The van der Waals surface area contributed by atoms with Gasteiger partial charge in [0.1, 0.15) is 5.75 Å². The van der Waals surface area contributed by atoms with Gasteiger partial charge in [-0.25, -0.2) is 0 Å². The number of hydrogen-bond acceptors (Lipinski definition) is 3. The van der Waals surface area contributed by atoms with Crippen molar-refractivity contribution in [2.24, 2.45) is 11.7 Å². The van der Waals surface area contributed by atoms with Crippen LogP contribution < -0.4 is 10.5 Å². The number of nitrogens with zero attached hydrogens (tertiary/aromatic N) is 1. The fourth-order valence-corrected chi connectivity index (χ4v) is 3.16. The monoisotopic (exact) mass is 304 g/mol. The van der Waals surface area contributed by atoms with Crippen LogP contribution in [0.2, 0.25) is 0 Å². The van der Waals surface area contributed by atoms with E-state index in [-0.39, 0.29) is 0 Å². The van der Waals surface area contributed by atoms with Crippen LogP contribution in [0.25, 0.3) is 0 Å². The molecule has 0 spiro atoms. The normalized spacial score (nSPS) is 18.3. The average molecular weight is 304 g/mol. The molecule has 0 bridgehead atoms. The molecule has 22 heavy (non-hydrogen) atoms. The van der Waals surface area contributed by atoms with E-state index in [9.17, 15) is 0 Å². The average Bonchev–Trinajstić information content (AvgIpc) is 2.55. The second-order valence-electron chi connectivity index (χ2n) is 6.59. The number of nitrogens with two attached hydrogens (primary N) is 1. The van der Waals surface area contributed by atoms with Gasteiger partial charge in [-0.2, -0.15) is 0 Å². The molecule has 2 rings (SSSR count). The SMILES string of the molecule is CCCCCOc1ccc(C(CN)N2CCC(C)CC2)cc1. The van der Waals surface area contributed by atoms with E-state index in [2.05, 4.69) is 43.0 Å². The molecule has 0 amide bonds. The van der Waals surface area contributed by atoms with Gasteiger partial charge >= 0.3 is 0 Å². The summed E-state index contributed by atoms with van der Waals surface area (Å²) in [5.74, 6) is 1.83. The third-order valence-corrected chi connectivity index (χ3v) is 4.76. The van der Waals surface area contributed by atoms with Gasteiger partial charge in [-0.05, 0) is 56.0 Å². The summed E-state index contributed by atoms with van der Waals surface area (Å²) < 4.78 is 5.79. The molecule has 2 N–H and O–H groups in total. The van der Waals surface area contributed by atoms with Gasteiger partial charge in [-0.15, -0.1) is 0 Å². The van der Waals surface area contributed by atoms with Crippen LogP contribution in [0.1, 0.15) is 57.6 Å². The first-order valence-electron chi connectivity index (χ1n) is 8.91. The quantitative estimate of drug-likeness (QED) is 0.738. The van der Waals surface area contributed by atoms with Gasteiger partial charge in [-0.1, -0.05) is 38.8 Å². The Morgan fingerprint density at radius 2 is 1.86 bits per heavy atom. The second-order valence-corrected chi connectivity index (χ2v) is 6.59. The largest absolute Gasteiger partial charge is 0.494 e. The Labute approximate surface area is 135 Å². The highest BCUT2D eigenvalue weighted by Crippen LogP contribution is 2.27. The number of piperidine rings is 1. The van der Waals surface area contributed by atoms with Crippen molar-refractivity contribution in [2.45, 2.75) is 52.0 Å². The summed E-state index contributed by atoms with van der Waals surface area (Å²) in [4.78, 5) is 2.54. The van der Waals surface area contributed by atoms with Crippen LogP contribution in [0.3, 0.4) is 0 Å². The molecule has 1 heterocycles. The molecule has 1 aliphatic heterocycles. The minimum atomic E-state index is 0.349. The Hall–Kier alpha value is -1.06. The number of benzene rings is 1. The molecule has 1 fully saturated rings. The first kappa shape index (κ1) is 17.3. The summed E-state index contributed by atoms with van der Waals surface area (Å²) in [5, 5.41) is 0. The number of ether oxygens (including phenoxy) is 1. The molecule has 3 heteroatoms. The van der Waals surface area contributed by atoms with Gasteiger partial charge in [0.15, 0.2) is 0 Å². The van der Waals surface area contributed by atoms with E-state index in [1.165, 1.54) is 31.2 Å². The van der Waals surface area contributed by atoms with E-state index >= 15 is 0 Å². The van der Waals surface area contributed by atoms with Crippen molar-refractivity contribution < 1.29 is 4.74 Å². The van der Waals surface area contributed by atoms with Crippen LogP contribution in [-0.2, 0) is 0 Å². The van der Waals surface area contributed by atoms with Gasteiger partial charge in [-0.3, -0.25) is 4.90 Å². The summed E-state index contributed by atoms with van der Waals surface area (Å²) in [6.07, 6.45) is 6.18. The van der Waals surface area contributed by atoms with Crippen molar-refractivity contribution in [1.29, 1.82) is 0 Å². The molecule has 0 aromatic heterocycles. The molecule has 0 saturated carbocycles. The maximum atomic E-state index is 6.05. The lowest BCUT2D eigenvalue weighted by atomic mass is 9.96. The Kier molecular flexibility index (Phi) is 7.20. The molecule has 3 nitrogen and oxygen atoms in total. The molecule has 1 saturated heterocycles. The van der Waals surface area contributed by atoms with Crippen molar-refractivity contribution >= 4 is 0 Å². The number of rotatable bonds is 8. The maximum Gasteiger partial charge on any atom is 0.119 e. The summed E-state index contributed by atoms with van der Waals surface area (Å²) in [7, 11) is 0. The molecule has 1 aromatic carbocycles. The molecular formula is C19H32N2O. The van der Waals surface area contributed by atoms with E-state index in [1.807, 2.05) is 0 Å². The molecule has 1 atom stereocenters. The lowest BCUT2D eigenvalue weighted by molar-refractivity contribution is 0.141. The zero-order valence-electron chi connectivity index (χ0n) is 14.3. The molecular weight excluding hydrogens is 272 g/mol. The van der Waals surface area contributed by atoms with Gasteiger partial charge in [0.05, 0.1) is 6.61 Å². The van der Waals surface area contributed by atoms with Crippen molar-refractivity contribution in [3.05, 3.63) is 29.8 Å². The van der Waals surface area contributed by atoms with E-state index in [0.29, 0.717) is 12.6 Å². The molecule has 124 valence electrons. The molecule has 1 aromatic rings. The minimum Gasteiger partial charge on any atom is -0.494 e. The highest BCUT2D eigenvalue weighted by molar-refractivity contribution is 5.29. The Bertz CT molecular complexity index is 410. The fourth-order valence-electron chi connectivity index (χ4n) is 3.16. The third kappa shape index (κ3) is 4.99. The van der Waals surface area contributed by atoms with Gasteiger partial charge in [0.2, 0.25) is 0 Å². The van der Waals surface area contributed by atoms with E-state index in [0.717, 1.165) is 37.8 Å². The predicted molar refractivity (Wildman–Crippen MR) is 93.2 cm³/mol. The zero-order chi connectivity index (χ0) is 15.8. The van der Waals surface area contributed by atoms with Gasteiger partial charge in [0, 0.05) is 12.6 Å². The standard InChI is InChI=1S/C19H32N2O/c1-3-4-5-14-22-18-8-6-17(7-9-18)19(15-20)21-12-10-16(2)11-13-21/h6-9,16,19H,3-5,10-15,20H2,1-2H3. The summed E-state index contributed by atoms with van der Waals surface area (Å²) >= 11 is 0. The Morgan fingerprint density at radius 1 is 1.18 bits per heavy atom. The van der Waals surface area contributed by atoms with E-state index in [1.54, 1.807) is 0 Å². The van der Waals surface area contributed by atoms with Crippen LogP contribution in [0.15, 0.2) is 24.3 Å². The highest BCUT2D eigenvalue weighted by atomic mass is 16.5. The van der Waals surface area contributed by atoms with Crippen LogP contribution in [-0.4, -0.2) is 31.1 Å². The van der Waals surface area contributed by atoms with Crippen molar-refractivity contribution in [3.8, 4) is 5.75 Å². The van der Waals surface area contributed by atoms with Crippen LogP contribution in [0.5, 0.6) is 5.75 Å². The minimum absolute atomic E-state index is 0.349.